The van der Waals surface area contributed by atoms with Crippen LogP contribution in [0.4, 0.5) is 10.2 Å². The van der Waals surface area contributed by atoms with Gasteiger partial charge >= 0.3 is 0 Å². The van der Waals surface area contributed by atoms with Gasteiger partial charge in [0.15, 0.2) is 5.76 Å². The second-order valence-electron chi connectivity index (χ2n) is 6.71. The fourth-order valence-corrected chi connectivity index (χ4v) is 3.19. The molecule has 2 aromatic carbocycles. The minimum absolute atomic E-state index is 0.199. The fourth-order valence-electron chi connectivity index (χ4n) is 3.19. The number of hydrogen-bond donors (Lipinski definition) is 2. The number of nitriles is 1. The maximum Gasteiger partial charge on any atom is 0.287 e. The summed E-state index contributed by atoms with van der Waals surface area (Å²) in [7, 11) is 0. The largest absolute Gasteiger partial charge is 0.451 e. The number of nitrogens with zero attached hydrogens (tertiary/aromatic N) is 3. The first-order valence-electron chi connectivity index (χ1n) is 9.37. The number of halogens is 1. The molecule has 0 unspecified atom stereocenters. The van der Waals surface area contributed by atoms with Crippen molar-refractivity contribution >= 4 is 22.7 Å². The molecule has 150 valence electrons. The van der Waals surface area contributed by atoms with Gasteiger partial charge in [-0.2, -0.15) is 10.4 Å². The normalized spacial score (nSPS) is 10.8. The van der Waals surface area contributed by atoms with Crippen molar-refractivity contribution < 1.29 is 13.6 Å². The Morgan fingerprint density at radius 2 is 2.00 bits per heavy atom. The van der Waals surface area contributed by atoms with Gasteiger partial charge in [0.05, 0.1) is 11.4 Å². The van der Waals surface area contributed by atoms with Crippen molar-refractivity contribution in [2.75, 3.05) is 12.3 Å². The molecule has 0 saturated heterocycles. The van der Waals surface area contributed by atoms with Gasteiger partial charge in [-0.05, 0) is 49.2 Å². The van der Waals surface area contributed by atoms with E-state index in [9.17, 15) is 14.4 Å². The molecular weight excluding hydrogens is 385 g/mol. The van der Waals surface area contributed by atoms with Gasteiger partial charge in [0.25, 0.3) is 5.91 Å². The first-order valence-corrected chi connectivity index (χ1v) is 9.37. The third kappa shape index (κ3) is 3.73. The molecule has 0 saturated carbocycles. The Kier molecular flexibility index (Phi) is 5.18. The number of amides is 1. The zero-order valence-corrected chi connectivity index (χ0v) is 15.9. The molecule has 0 aliphatic heterocycles. The number of rotatable bonds is 6. The molecule has 0 aliphatic rings. The van der Waals surface area contributed by atoms with E-state index in [1.807, 2.05) is 18.2 Å². The lowest BCUT2D eigenvalue weighted by Crippen LogP contribution is -2.24. The summed E-state index contributed by atoms with van der Waals surface area (Å²) in [5.41, 5.74) is 8.08. The molecule has 0 fully saturated rings. The lowest BCUT2D eigenvalue weighted by Gasteiger charge is -2.03. The van der Waals surface area contributed by atoms with E-state index in [-0.39, 0.29) is 28.9 Å². The van der Waals surface area contributed by atoms with Crippen LogP contribution in [0.2, 0.25) is 0 Å². The van der Waals surface area contributed by atoms with Crippen molar-refractivity contribution in [3.05, 3.63) is 77.4 Å². The van der Waals surface area contributed by atoms with Crippen LogP contribution in [-0.4, -0.2) is 22.2 Å². The summed E-state index contributed by atoms with van der Waals surface area (Å²) < 4.78 is 20.1. The molecule has 7 nitrogen and oxygen atoms in total. The zero-order chi connectivity index (χ0) is 21.1. The molecule has 0 aliphatic carbocycles. The minimum atomic E-state index is -0.370. The summed E-state index contributed by atoms with van der Waals surface area (Å²) in [5, 5.41) is 17.5. The number of aryl methyl sites for hydroxylation is 1. The van der Waals surface area contributed by atoms with Crippen LogP contribution in [0.25, 0.3) is 16.7 Å². The maximum absolute atomic E-state index is 13.2. The second-order valence-corrected chi connectivity index (χ2v) is 6.71. The topological polar surface area (TPSA) is 110 Å². The molecule has 2 heterocycles. The third-order valence-corrected chi connectivity index (χ3v) is 4.70. The minimum Gasteiger partial charge on any atom is -0.451 e. The maximum atomic E-state index is 13.2. The Morgan fingerprint density at radius 3 is 2.73 bits per heavy atom. The van der Waals surface area contributed by atoms with E-state index in [1.54, 1.807) is 12.1 Å². The molecule has 4 rings (SSSR count). The van der Waals surface area contributed by atoms with Crippen LogP contribution < -0.4 is 11.1 Å². The van der Waals surface area contributed by atoms with Crippen molar-refractivity contribution in [2.24, 2.45) is 0 Å². The molecule has 0 spiro atoms. The van der Waals surface area contributed by atoms with Gasteiger partial charge in [-0.3, -0.25) is 4.79 Å². The Balaban J connectivity index is 1.40. The van der Waals surface area contributed by atoms with Crippen molar-refractivity contribution in [3.8, 4) is 11.8 Å². The van der Waals surface area contributed by atoms with Gasteiger partial charge in [-0.1, -0.05) is 18.2 Å². The highest BCUT2D eigenvalue weighted by atomic mass is 19.1. The number of carbonyl (C=O) groups is 1. The van der Waals surface area contributed by atoms with Crippen molar-refractivity contribution in [2.45, 2.75) is 12.8 Å². The van der Waals surface area contributed by atoms with Crippen LogP contribution in [-0.2, 0) is 6.42 Å². The summed E-state index contributed by atoms with van der Waals surface area (Å²) >= 11 is 0. The van der Waals surface area contributed by atoms with E-state index >= 15 is 0 Å². The molecule has 3 N–H and O–H groups in total. The summed E-state index contributed by atoms with van der Waals surface area (Å²) in [5.74, 6) is -0.224. The van der Waals surface area contributed by atoms with Crippen LogP contribution >= 0.6 is 0 Å². The first kappa shape index (κ1) is 19.2. The molecular formula is C22H18FN5O2. The standard InChI is InChI=1S/C22H18FN5O2/c23-15-7-9-16(10-8-15)28-21(25)17(13-24)18(27-28)5-3-11-26-22(29)20-12-14-4-1-2-6-19(14)30-20/h1-2,4,6-10,12H,3,5,11,25H2,(H,26,29). The average molecular weight is 403 g/mol. The smallest absolute Gasteiger partial charge is 0.287 e. The summed E-state index contributed by atoms with van der Waals surface area (Å²) in [6.07, 6.45) is 1.00. The van der Waals surface area contributed by atoms with Gasteiger partial charge < -0.3 is 15.5 Å². The quantitative estimate of drug-likeness (QED) is 0.478. The van der Waals surface area contributed by atoms with Gasteiger partial charge in [0.1, 0.15) is 28.9 Å². The van der Waals surface area contributed by atoms with Gasteiger partial charge in [0, 0.05) is 11.9 Å². The number of para-hydroxylation sites is 1. The number of nitrogens with two attached hydrogens (primary N) is 1. The van der Waals surface area contributed by atoms with E-state index in [0.717, 1.165) is 5.39 Å². The van der Waals surface area contributed by atoms with Crippen LogP contribution in [0.15, 0.2) is 59.0 Å². The lowest BCUT2D eigenvalue weighted by molar-refractivity contribution is 0.0927. The summed E-state index contributed by atoms with van der Waals surface area (Å²) in [4.78, 5) is 12.3. The molecule has 8 heteroatoms. The number of furan rings is 1. The van der Waals surface area contributed by atoms with E-state index in [0.29, 0.717) is 36.4 Å². The van der Waals surface area contributed by atoms with E-state index in [1.165, 1.54) is 28.9 Å². The van der Waals surface area contributed by atoms with Gasteiger partial charge in [-0.15, -0.1) is 0 Å². The van der Waals surface area contributed by atoms with Gasteiger partial charge in [-0.25, -0.2) is 9.07 Å². The first-order chi connectivity index (χ1) is 14.6. The summed E-state index contributed by atoms with van der Waals surface area (Å²) in [6, 6.07) is 16.9. The highest BCUT2D eigenvalue weighted by molar-refractivity contribution is 5.96. The number of nitrogens with one attached hydrogen (secondary N) is 1. The Bertz CT molecular complexity index is 1220. The molecule has 1 amide bonds. The molecule has 4 aromatic rings. The van der Waals surface area contributed by atoms with Crippen LogP contribution in [0.3, 0.4) is 0 Å². The Hall–Kier alpha value is -4.12. The van der Waals surface area contributed by atoms with Crippen LogP contribution in [0.1, 0.15) is 28.2 Å². The Morgan fingerprint density at radius 1 is 1.23 bits per heavy atom. The number of aromatic nitrogens is 2. The van der Waals surface area contributed by atoms with E-state index < -0.39 is 0 Å². The average Bonchev–Trinajstić information content (AvgIpc) is 3.32. The molecule has 0 bridgehead atoms. The number of fused-ring (bicyclic) bond motifs is 1. The number of anilines is 1. The zero-order valence-electron chi connectivity index (χ0n) is 15.9. The number of nitrogen functional groups attached to an aromatic ring is 1. The number of hydrogen-bond acceptors (Lipinski definition) is 5. The van der Waals surface area contributed by atoms with Crippen LogP contribution in [0, 0.1) is 17.1 Å². The van der Waals surface area contributed by atoms with Crippen molar-refractivity contribution in [3.63, 3.8) is 0 Å². The summed E-state index contributed by atoms with van der Waals surface area (Å²) in [6.45, 7) is 0.379. The lowest BCUT2D eigenvalue weighted by atomic mass is 10.1. The van der Waals surface area contributed by atoms with Crippen molar-refractivity contribution in [1.82, 2.24) is 15.1 Å². The number of carbonyl (C=O) groups excluding carboxylic acids is 1. The predicted molar refractivity (Wildman–Crippen MR) is 110 cm³/mol. The third-order valence-electron chi connectivity index (χ3n) is 4.70. The van der Waals surface area contributed by atoms with Crippen molar-refractivity contribution in [1.29, 1.82) is 5.26 Å². The SMILES string of the molecule is N#Cc1c(CCCNC(=O)c2cc3ccccc3o2)nn(-c2ccc(F)cc2)c1N. The van der Waals surface area contributed by atoms with E-state index in [4.69, 9.17) is 10.2 Å². The highest BCUT2D eigenvalue weighted by Crippen LogP contribution is 2.22. The molecule has 2 aromatic heterocycles. The van der Waals surface area contributed by atoms with Crippen LogP contribution in [0.5, 0.6) is 0 Å². The molecule has 30 heavy (non-hydrogen) atoms. The molecule has 0 atom stereocenters. The monoisotopic (exact) mass is 403 g/mol. The second kappa shape index (κ2) is 8.09. The number of benzene rings is 2. The predicted octanol–water partition coefficient (Wildman–Crippen LogP) is 3.57. The van der Waals surface area contributed by atoms with Gasteiger partial charge in [0.2, 0.25) is 0 Å². The van der Waals surface area contributed by atoms with E-state index in [2.05, 4.69) is 16.5 Å². The fraction of sp³-hybridized carbons (Fsp3) is 0.136. The highest BCUT2D eigenvalue weighted by Gasteiger charge is 2.17. The molecule has 0 radical (unpaired) electrons. The Labute approximate surface area is 171 Å².